The molecule has 0 radical (unpaired) electrons. The van der Waals surface area contributed by atoms with Crippen LogP contribution in [0.25, 0.3) is 0 Å². The van der Waals surface area contributed by atoms with E-state index in [1.165, 1.54) is 5.56 Å². The molecule has 1 N–H and O–H groups in total. The highest BCUT2D eigenvalue weighted by Crippen LogP contribution is 2.39. The number of rotatable bonds is 8. The van der Waals surface area contributed by atoms with Crippen LogP contribution in [-0.4, -0.2) is 42.7 Å². The quantitative estimate of drug-likeness (QED) is 0.252. The smallest absolute Gasteiger partial charge is 0.264 e. The molecule has 1 aliphatic rings. The van der Waals surface area contributed by atoms with E-state index in [0.717, 1.165) is 11.4 Å². The Morgan fingerprint density at radius 1 is 1.20 bits per heavy atom. The molecule has 0 fully saturated rings. The van der Waals surface area contributed by atoms with Gasteiger partial charge < -0.3 is 4.74 Å². The fourth-order valence-corrected chi connectivity index (χ4v) is 3.78. The SMILES string of the molecule is CO/C=C/C=C/C1=[N+](CCCCS(=O)(=O)O)c2ccccc2C1(C)C. The van der Waals surface area contributed by atoms with Crippen molar-refractivity contribution in [1.82, 2.24) is 0 Å². The number of hydrogen-bond donors (Lipinski definition) is 1. The summed E-state index contributed by atoms with van der Waals surface area (Å²) in [6, 6.07) is 8.27. The number of methoxy groups -OCH3 is 1. The Bertz CT molecular complexity index is 804. The van der Waals surface area contributed by atoms with Gasteiger partial charge in [0.05, 0.1) is 24.5 Å². The van der Waals surface area contributed by atoms with Crippen molar-refractivity contribution in [2.45, 2.75) is 32.1 Å². The van der Waals surface area contributed by atoms with Crippen molar-refractivity contribution in [3.63, 3.8) is 0 Å². The van der Waals surface area contributed by atoms with Crippen molar-refractivity contribution in [3.8, 4) is 0 Å². The first kappa shape index (κ1) is 19.4. The lowest BCUT2D eigenvalue weighted by Crippen LogP contribution is -2.28. The summed E-state index contributed by atoms with van der Waals surface area (Å²) >= 11 is 0. The van der Waals surface area contributed by atoms with Gasteiger partial charge in [0.15, 0.2) is 5.71 Å². The summed E-state index contributed by atoms with van der Waals surface area (Å²) in [5.74, 6) is -0.201. The van der Waals surface area contributed by atoms with Crippen LogP contribution < -0.4 is 0 Å². The minimum absolute atomic E-state index is 0.142. The van der Waals surface area contributed by atoms with Crippen LogP contribution in [0.4, 0.5) is 5.69 Å². The molecule has 0 amide bonds. The van der Waals surface area contributed by atoms with E-state index in [2.05, 4.69) is 36.6 Å². The van der Waals surface area contributed by atoms with E-state index in [0.29, 0.717) is 19.4 Å². The van der Waals surface area contributed by atoms with Gasteiger partial charge in [-0.2, -0.15) is 13.0 Å². The van der Waals surface area contributed by atoms with Crippen LogP contribution in [0.5, 0.6) is 0 Å². The maximum absolute atomic E-state index is 10.9. The largest absolute Gasteiger partial charge is 0.504 e. The molecule has 6 heteroatoms. The first-order valence-electron chi connectivity index (χ1n) is 8.33. The first-order chi connectivity index (χ1) is 11.8. The summed E-state index contributed by atoms with van der Waals surface area (Å²) < 4.78 is 37.9. The summed E-state index contributed by atoms with van der Waals surface area (Å²) in [5.41, 5.74) is 3.41. The Kier molecular flexibility index (Phi) is 6.19. The summed E-state index contributed by atoms with van der Waals surface area (Å²) in [4.78, 5) is 0. The average Bonchev–Trinajstić information content (AvgIpc) is 2.75. The van der Waals surface area contributed by atoms with Gasteiger partial charge in [-0.15, -0.1) is 0 Å². The molecule has 136 valence electrons. The molecular weight excluding hydrogens is 338 g/mol. The summed E-state index contributed by atoms with van der Waals surface area (Å²) in [6.45, 7) is 5.07. The molecule has 0 saturated carbocycles. The second-order valence-corrected chi connectivity index (χ2v) is 8.17. The van der Waals surface area contributed by atoms with Crippen LogP contribution in [-0.2, 0) is 20.3 Å². The predicted octanol–water partition coefficient (Wildman–Crippen LogP) is 3.45. The van der Waals surface area contributed by atoms with E-state index < -0.39 is 10.1 Å². The van der Waals surface area contributed by atoms with E-state index in [9.17, 15) is 8.42 Å². The lowest BCUT2D eigenvalue weighted by Gasteiger charge is -2.15. The van der Waals surface area contributed by atoms with Gasteiger partial charge in [-0.25, -0.2) is 0 Å². The maximum Gasteiger partial charge on any atom is 0.264 e. The third-order valence-corrected chi connectivity index (χ3v) is 5.22. The first-order valence-corrected chi connectivity index (χ1v) is 9.94. The molecule has 5 nitrogen and oxygen atoms in total. The minimum Gasteiger partial charge on any atom is -0.504 e. The number of allylic oxidation sites excluding steroid dienone is 3. The summed E-state index contributed by atoms with van der Waals surface area (Å²) in [6.07, 6.45) is 8.56. The zero-order valence-corrected chi connectivity index (χ0v) is 15.8. The summed E-state index contributed by atoms with van der Waals surface area (Å²) in [5, 5.41) is 0. The molecule has 0 aromatic heterocycles. The zero-order chi connectivity index (χ0) is 18.5. The molecule has 1 aromatic rings. The monoisotopic (exact) mass is 364 g/mol. The fraction of sp³-hybridized carbons (Fsp3) is 0.421. The van der Waals surface area contributed by atoms with Crippen molar-refractivity contribution in [1.29, 1.82) is 0 Å². The van der Waals surface area contributed by atoms with Crippen LogP contribution in [0.15, 0.2) is 48.8 Å². The van der Waals surface area contributed by atoms with E-state index in [1.807, 2.05) is 24.3 Å². The number of ether oxygens (including phenoxy) is 1. The number of benzene rings is 1. The molecule has 0 bridgehead atoms. The number of fused-ring (bicyclic) bond motifs is 1. The van der Waals surface area contributed by atoms with Crippen molar-refractivity contribution in [2.24, 2.45) is 0 Å². The molecule has 1 heterocycles. The highest BCUT2D eigenvalue weighted by atomic mass is 32.2. The zero-order valence-electron chi connectivity index (χ0n) is 15.0. The minimum atomic E-state index is -3.90. The Hall–Kier alpha value is -1.92. The van der Waals surface area contributed by atoms with Crippen LogP contribution in [0.2, 0.25) is 0 Å². The van der Waals surface area contributed by atoms with Crippen LogP contribution in [0.1, 0.15) is 32.3 Å². The molecule has 0 aliphatic carbocycles. The Balaban J connectivity index is 2.29. The van der Waals surface area contributed by atoms with Gasteiger partial charge in [-0.3, -0.25) is 4.55 Å². The highest BCUT2D eigenvalue weighted by Gasteiger charge is 2.43. The van der Waals surface area contributed by atoms with Gasteiger partial charge in [0.25, 0.3) is 10.1 Å². The Labute approximate surface area is 150 Å². The molecule has 0 spiro atoms. The van der Waals surface area contributed by atoms with Gasteiger partial charge in [0, 0.05) is 24.1 Å². The van der Waals surface area contributed by atoms with Crippen LogP contribution in [0, 0.1) is 0 Å². The lowest BCUT2D eigenvalue weighted by molar-refractivity contribution is -0.438. The maximum atomic E-state index is 10.9. The molecule has 1 aromatic carbocycles. The van der Waals surface area contributed by atoms with Crippen molar-refractivity contribution in [2.75, 3.05) is 19.4 Å². The van der Waals surface area contributed by atoms with Crippen LogP contribution >= 0.6 is 0 Å². The molecule has 25 heavy (non-hydrogen) atoms. The van der Waals surface area contributed by atoms with Gasteiger partial charge in [-0.05, 0) is 26.3 Å². The number of hydrogen-bond acceptors (Lipinski definition) is 3. The highest BCUT2D eigenvalue weighted by molar-refractivity contribution is 7.85. The predicted molar refractivity (Wildman–Crippen MR) is 100 cm³/mol. The third-order valence-electron chi connectivity index (χ3n) is 4.41. The Morgan fingerprint density at radius 2 is 1.92 bits per heavy atom. The standard InChI is InChI=1S/C19H25NO4S/c1-19(2)16-10-4-5-11-17(16)20(13-7-9-15-25(21,22)23)18(19)12-6-8-14-24-3/h4-6,8,10-12,14H,7,9,13,15H2,1-3H3/p+1/b12-6+,14-8+. The molecular formula is C19H26NO4S+. The Morgan fingerprint density at radius 3 is 2.60 bits per heavy atom. The van der Waals surface area contributed by atoms with E-state index in [1.54, 1.807) is 13.4 Å². The van der Waals surface area contributed by atoms with E-state index in [4.69, 9.17) is 9.29 Å². The average molecular weight is 364 g/mol. The normalized spacial score (nSPS) is 16.8. The van der Waals surface area contributed by atoms with Gasteiger partial charge in [0.2, 0.25) is 5.69 Å². The van der Waals surface area contributed by atoms with Gasteiger partial charge in [-0.1, -0.05) is 24.3 Å². The number of para-hydroxylation sites is 1. The molecule has 2 rings (SSSR count). The summed E-state index contributed by atoms with van der Waals surface area (Å²) in [7, 11) is -2.29. The van der Waals surface area contributed by atoms with Gasteiger partial charge >= 0.3 is 0 Å². The van der Waals surface area contributed by atoms with Crippen molar-refractivity contribution in [3.05, 3.63) is 54.3 Å². The molecule has 0 unspecified atom stereocenters. The van der Waals surface area contributed by atoms with Crippen molar-refractivity contribution >= 4 is 21.5 Å². The third kappa shape index (κ3) is 4.80. The van der Waals surface area contributed by atoms with Gasteiger partial charge in [0.1, 0.15) is 6.54 Å². The second kappa shape index (κ2) is 7.97. The van der Waals surface area contributed by atoms with E-state index >= 15 is 0 Å². The molecule has 1 aliphatic heterocycles. The number of unbranched alkanes of at least 4 members (excludes halogenated alkanes) is 1. The molecule has 0 saturated heterocycles. The van der Waals surface area contributed by atoms with Crippen LogP contribution in [0.3, 0.4) is 0 Å². The second-order valence-electron chi connectivity index (χ2n) is 6.60. The van der Waals surface area contributed by atoms with E-state index in [-0.39, 0.29) is 11.2 Å². The van der Waals surface area contributed by atoms with Crippen molar-refractivity contribution < 1.29 is 22.3 Å². The lowest BCUT2D eigenvalue weighted by atomic mass is 9.81. The fourth-order valence-electron chi connectivity index (χ4n) is 3.21. The molecule has 0 atom stereocenters. The number of nitrogens with zero attached hydrogens (tertiary/aromatic N) is 1. The topological polar surface area (TPSA) is 66.6 Å².